The first kappa shape index (κ1) is 29.4. The number of ether oxygens (including phenoxy) is 2. The number of carbonyl (C=O) groups is 1. The molecule has 6 nitrogen and oxygen atoms in total. The van der Waals surface area contributed by atoms with Crippen LogP contribution in [0.25, 0.3) is 6.08 Å². The van der Waals surface area contributed by atoms with E-state index >= 15 is 0 Å². The molecule has 5 rings (SSSR count). The number of thiazole rings is 1. The summed E-state index contributed by atoms with van der Waals surface area (Å²) >= 11 is 14.5. The molecule has 0 amide bonds. The maximum atomic E-state index is 13.8. The van der Waals surface area contributed by atoms with Crippen molar-refractivity contribution in [3.63, 3.8) is 0 Å². The van der Waals surface area contributed by atoms with Crippen LogP contribution in [-0.2, 0) is 16.1 Å². The summed E-state index contributed by atoms with van der Waals surface area (Å²) in [5, 5.41) is 0.542. The van der Waals surface area contributed by atoms with Gasteiger partial charge in [0.2, 0.25) is 0 Å². The molecule has 1 atom stereocenters. The lowest BCUT2D eigenvalue weighted by atomic mass is 9.96. The van der Waals surface area contributed by atoms with E-state index < -0.39 is 12.0 Å². The summed E-state index contributed by atoms with van der Waals surface area (Å²) in [5.41, 5.74) is 2.79. The van der Waals surface area contributed by atoms with Crippen LogP contribution in [0.1, 0.15) is 36.6 Å². The molecule has 41 heavy (non-hydrogen) atoms. The predicted octanol–water partition coefficient (Wildman–Crippen LogP) is 6.69. The van der Waals surface area contributed by atoms with Gasteiger partial charge in [-0.05, 0) is 105 Å². The van der Waals surface area contributed by atoms with Crippen LogP contribution >= 0.6 is 54.8 Å². The van der Waals surface area contributed by atoms with E-state index in [4.69, 9.17) is 21.1 Å². The largest absolute Gasteiger partial charge is 0.487 e. The average Bonchev–Trinajstić information content (AvgIpc) is 3.23. The van der Waals surface area contributed by atoms with Crippen molar-refractivity contribution in [1.82, 2.24) is 4.57 Å². The number of carbonyl (C=O) groups excluding carboxylic acids is 1. The molecule has 0 aliphatic carbocycles. The smallest absolute Gasteiger partial charge is 0.338 e. The zero-order valence-corrected chi connectivity index (χ0v) is 26.5. The van der Waals surface area contributed by atoms with Crippen LogP contribution < -0.4 is 19.6 Å². The highest BCUT2D eigenvalue weighted by Crippen LogP contribution is 2.36. The van der Waals surface area contributed by atoms with Crippen LogP contribution in [0.2, 0.25) is 5.02 Å². The molecule has 0 saturated heterocycles. The molecule has 0 bridgehead atoms. The Morgan fingerprint density at radius 2 is 1.78 bits per heavy atom. The molecular weight excluding hydrogens is 699 g/mol. The lowest BCUT2D eigenvalue weighted by Gasteiger charge is -2.24. The minimum absolute atomic E-state index is 0.195. The number of aromatic nitrogens is 1. The number of allylic oxidation sites excluding steroid dienone is 1. The fourth-order valence-corrected chi connectivity index (χ4v) is 7.06. The first-order valence-electron chi connectivity index (χ1n) is 12.5. The lowest BCUT2D eigenvalue weighted by Crippen LogP contribution is -2.39. The third kappa shape index (κ3) is 6.25. The standard InChI is InChI=1S/C30H22Br2ClFN2O4S/c1-3-39-29(38)25-16(2)35-30-36(26(25)19-6-8-20(33)9-7-19)28(37)24(41-30)14-18-12-22(31)27(23(32)13-18)40-15-17-4-10-21(34)11-5-17/h4-14,26H,3,15H2,1-2H3/b24-14-. The van der Waals surface area contributed by atoms with E-state index in [1.807, 2.05) is 12.1 Å². The molecule has 11 heteroatoms. The van der Waals surface area contributed by atoms with Crippen molar-refractivity contribution in [1.29, 1.82) is 0 Å². The third-order valence-corrected chi connectivity index (χ3v) is 8.73. The first-order chi connectivity index (χ1) is 19.7. The van der Waals surface area contributed by atoms with Gasteiger partial charge in [0.05, 0.1) is 37.4 Å². The molecule has 0 N–H and O–H groups in total. The maximum absolute atomic E-state index is 13.8. The second-order valence-electron chi connectivity index (χ2n) is 9.08. The van der Waals surface area contributed by atoms with Crippen LogP contribution in [0.5, 0.6) is 5.75 Å². The van der Waals surface area contributed by atoms with E-state index in [0.29, 0.717) is 45.9 Å². The predicted molar refractivity (Wildman–Crippen MR) is 164 cm³/mol. The Balaban J connectivity index is 1.54. The Hall–Kier alpha value is -3.05. The minimum Gasteiger partial charge on any atom is -0.487 e. The molecule has 0 radical (unpaired) electrons. The summed E-state index contributed by atoms with van der Waals surface area (Å²) in [6, 6.07) is 16.1. The summed E-state index contributed by atoms with van der Waals surface area (Å²) in [7, 11) is 0. The molecule has 210 valence electrons. The lowest BCUT2D eigenvalue weighted by molar-refractivity contribution is -0.139. The number of hydrogen-bond acceptors (Lipinski definition) is 6. The summed E-state index contributed by atoms with van der Waals surface area (Å²) in [6.07, 6.45) is 1.77. The molecule has 0 fully saturated rings. The highest BCUT2D eigenvalue weighted by Gasteiger charge is 2.33. The van der Waals surface area contributed by atoms with Crippen LogP contribution in [-0.4, -0.2) is 17.1 Å². The Labute approximate surface area is 260 Å². The van der Waals surface area contributed by atoms with Crippen molar-refractivity contribution in [3.05, 3.63) is 128 Å². The molecule has 4 aromatic rings. The summed E-state index contributed by atoms with van der Waals surface area (Å²) in [5.74, 6) is -0.255. The third-order valence-electron chi connectivity index (χ3n) is 6.32. The van der Waals surface area contributed by atoms with Gasteiger partial charge in [-0.25, -0.2) is 14.2 Å². The van der Waals surface area contributed by atoms with E-state index in [0.717, 1.165) is 11.1 Å². The zero-order valence-electron chi connectivity index (χ0n) is 21.8. The number of rotatable bonds is 7. The van der Waals surface area contributed by atoms with Crippen molar-refractivity contribution in [3.8, 4) is 5.75 Å². The molecule has 0 saturated carbocycles. The van der Waals surface area contributed by atoms with Crippen molar-refractivity contribution >= 4 is 66.8 Å². The average molecular weight is 721 g/mol. The summed E-state index contributed by atoms with van der Waals surface area (Å²) in [4.78, 5) is 31.9. The fraction of sp³-hybridized carbons (Fsp3) is 0.167. The Morgan fingerprint density at radius 1 is 1.12 bits per heavy atom. The highest BCUT2D eigenvalue weighted by molar-refractivity contribution is 9.11. The summed E-state index contributed by atoms with van der Waals surface area (Å²) < 4.78 is 27.8. The van der Waals surface area contributed by atoms with Crippen LogP contribution in [0.15, 0.2) is 90.7 Å². The number of esters is 1. The second-order valence-corrected chi connectivity index (χ2v) is 12.2. The topological polar surface area (TPSA) is 69.9 Å². The van der Waals surface area contributed by atoms with Crippen LogP contribution in [0, 0.1) is 5.82 Å². The van der Waals surface area contributed by atoms with Crippen LogP contribution in [0.4, 0.5) is 4.39 Å². The second kappa shape index (κ2) is 12.4. The number of halogens is 4. The van der Waals surface area contributed by atoms with Gasteiger partial charge in [0.1, 0.15) is 18.2 Å². The van der Waals surface area contributed by atoms with E-state index in [1.165, 1.54) is 28.0 Å². The van der Waals surface area contributed by atoms with E-state index in [9.17, 15) is 14.0 Å². The van der Waals surface area contributed by atoms with Crippen LogP contribution in [0.3, 0.4) is 0 Å². The number of fused-ring (bicyclic) bond motifs is 1. The van der Waals surface area contributed by atoms with Crippen molar-refractivity contribution in [2.45, 2.75) is 26.5 Å². The Bertz CT molecular complexity index is 1830. The molecule has 3 aromatic carbocycles. The number of hydrogen-bond donors (Lipinski definition) is 0. The maximum Gasteiger partial charge on any atom is 0.338 e. The van der Waals surface area contributed by atoms with Gasteiger partial charge in [-0.3, -0.25) is 9.36 Å². The molecule has 0 spiro atoms. The van der Waals surface area contributed by atoms with Gasteiger partial charge in [-0.15, -0.1) is 0 Å². The van der Waals surface area contributed by atoms with Crippen molar-refractivity contribution in [2.24, 2.45) is 4.99 Å². The van der Waals surface area contributed by atoms with Gasteiger partial charge in [0, 0.05) is 5.02 Å². The highest BCUT2D eigenvalue weighted by atomic mass is 79.9. The molecule has 1 unspecified atom stereocenters. The molecule has 2 heterocycles. The van der Waals surface area contributed by atoms with Gasteiger partial charge in [0.25, 0.3) is 5.56 Å². The van der Waals surface area contributed by atoms with E-state index in [2.05, 4.69) is 36.9 Å². The van der Waals surface area contributed by atoms with Gasteiger partial charge >= 0.3 is 5.97 Å². The quantitative estimate of drug-likeness (QED) is 0.200. The Kier molecular flexibility index (Phi) is 8.94. The normalized spacial score (nSPS) is 15.0. The van der Waals surface area contributed by atoms with Crippen molar-refractivity contribution < 1.29 is 18.7 Å². The van der Waals surface area contributed by atoms with Gasteiger partial charge in [-0.1, -0.05) is 47.2 Å². The molecule has 1 aliphatic rings. The SMILES string of the molecule is CCOC(=O)C1=C(C)N=c2s/c(=C\c3cc(Br)c(OCc4ccc(F)cc4)c(Br)c3)c(=O)n2C1c1ccc(Cl)cc1. The first-order valence-corrected chi connectivity index (χ1v) is 15.3. The number of benzene rings is 3. The molecular formula is C30H22Br2ClFN2O4S. The van der Waals surface area contributed by atoms with E-state index in [1.54, 1.807) is 56.3 Å². The Morgan fingerprint density at radius 3 is 2.41 bits per heavy atom. The monoisotopic (exact) mass is 718 g/mol. The minimum atomic E-state index is -0.717. The number of nitrogens with zero attached hydrogens (tertiary/aromatic N) is 2. The zero-order chi connectivity index (χ0) is 29.3. The van der Waals surface area contributed by atoms with E-state index in [-0.39, 0.29) is 24.6 Å². The molecule has 1 aliphatic heterocycles. The van der Waals surface area contributed by atoms with Gasteiger partial charge in [0.15, 0.2) is 4.80 Å². The van der Waals surface area contributed by atoms with Gasteiger partial charge < -0.3 is 9.47 Å². The van der Waals surface area contributed by atoms with Crippen molar-refractivity contribution in [2.75, 3.05) is 6.61 Å². The molecule has 1 aromatic heterocycles. The fourth-order valence-electron chi connectivity index (χ4n) is 4.44. The van der Waals surface area contributed by atoms with Gasteiger partial charge in [-0.2, -0.15) is 0 Å². The summed E-state index contributed by atoms with van der Waals surface area (Å²) in [6.45, 7) is 3.92.